The average molecular weight is 327 g/mol. The van der Waals surface area contributed by atoms with Gasteiger partial charge in [0.25, 0.3) is 5.56 Å². The minimum atomic E-state index is -0.593. The number of anilines is 1. The molecule has 0 aliphatic heterocycles. The zero-order chi connectivity index (χ0) is 17.9. The summed E-state index contributed by atoms with van der Waals surface area (Å²) in [5, 5.41) is 12.4. The molecule has 2 rings (SSSR count). The quantitative estimate of drug-likeness (QED) is 0.873. The highest BCUT2D eigenvalue weighted by Gasteiger charge is 2.18. The zero-order valence-corrected chi connectivity index (χ0v) is 14.3. The van der Waals surface area contributed by atoms with E-state index in [4.69, 9.17) is 0 Å². The first-order chi connectivity index (χ1) is 11.4. The van der Waals surface area contributed by atoms with Gasteiger partial charge >= 0.3 is 5.69 Å². The Morgan fingerprint density at radius 1 is 1.17 bits per heavy atom. The summed E-state index contributed by atoms with van der Waals surface area (Å²) in [6, 6.07) is 11.8. The van der Waals surface area contributed by atoms with Gasteiger partial charge in [0.2, 0.25) is 0 Å². The van der Waals surface area contributed by atoms with Crippen LogP contribution in [0.3, 0.4) is 0 Å². The van der Waals surface area contributed by atoms with E-state index in [1.807, 2.05) is 55.4 Å². The molecule has 7 heteroatoms. The topological polar surface area (TPSA) is 83.1 Å². The third-order valence-electron chi connectivity index (χ3n) is 4.05. The van der Waals surface area contributed by atoms with Crippen molar-refractivity contribution < 1.29 is 0 Å². The lowest BCUT2D eigenvalue weighted by molar-refractivity contribution is 0.311. The molecule has 126 valence electrons. The second kappa shape index (κ2) is 7.15. The van der Waals surface area contributed by atoms with E-state index in [0.29, 0.717) is 6.54 Å². The monoisotopic (exact) mass is 327 g/mol. The first-order valence-corrected chi connectivity index (χ1v) is 7.53. The Hall–Kier alpha value is -2.85. The van der Waals surface area contributed by atoms with Gasteiger partial charge in [-0.05, 0) is 19.7 Å². The molecule has 0 spiro atoms. The first-order valence-electron chi connectivity index (χ1n) is 7.53. The number of aromatic nitrogens is 2. The molecule has 7 nitrogen and oxygen atoms in total. The second-order valence-corrected chi connectivity index (χ2v) is 5.81. The van der Waals surface area contributed by atoms with Gasteiger partial charge in [-0.3, -0.25) is 13.9 Å². The molecule has 0 radical (unpaired) electrons. The molecule has 24 heavy (non-hydrogen) atoms. The van der Waals surface area contributed by atoms with Gasteiger partial charge in [-0.15, -0.1) is 0 Å². The predicted molar refractivity (Wildman–Crippen MR) is 93.0 cm³/mol. The van der Waals surface area contributed by atoms with E-state index in [9.17, 15) is 14.9 Å². The van der Waals surface area contributed by atoms with Gasteiger partial charge in [0.15, 0.2) is 5.56 Å². The summed E-state index contributed by atoms with van der Waals surface area (Å²) in [5.41, 5.74) is -0.0284. The van der Waals surface area contributed by atoms with Crippen LogP contribution in [0.1, 0.15) is 17.2 Å². The molecule has 1 aromatic heterocycles. The first kappa shape index (κ1) is 17.5. The van der Waals surface area contributed by atoms with Crippen LogP contribution in [0, 0.1) is 11.3 Å². The lowest BCUT2D eigenvalue weighted by atomic mass is 10.1. The Kier molecular flexibility index (Phi) is 5.21. The minimum Gasteiger partial charge on any atom is -0.368 e. The third-order valence-corrected chi connectivity index (χ3v) is 4.05. The summed E-state index contributed by atoms with van der Waals surface area (Å²) in [5.74, 6) is 0.244. The second-order valence-electron chi connectivity index (χ2n) is 5.81. The van der Waals surface area contributed by atoms with Crippen molar-refractivity contribution in [2.75, 3.05) is 26.0 Å². The smallest absolute Gasteiger partial charge is 0.332 e. The van der Waals surface area contributed by atoms with Crippen LogP contribution in [0.4, 0.5) is 5.82 Å². The van der Waals surface area contributed by atoms with Crippen LogP contribution in [0.25, 0.3) is 0 Å². The van der Waals surface area contributed by atoms with Crippen LogP contribution in [0.15, 0.2) is 39.9 Å². The molecule has 0 aliphatic rings. The Balaban J connectivity index is 2.40. The molecular weight excluding hydrogens is 306 g/mol. The molecule has 0 saturated heterocycles. The summed E-state index contributed by atoms with van der Waals surface area (Å²) in [6.45, 7) is 0.451. The maximum absolute atomic E-state index is 12.1. The van der Waals surface area contributed by atoms with Gasteiger partial charge in [0.05, 0.1) is 6.04 Å². The van der Waals surface area contributed by atoms with Crippen LogP contribution in [-0.4, -0.2) is 34.7 Å². The van der Waals surface area contributed by atoms with Gasteiger partial charge in [-0.25, -0.2) is 4.79 Å². The fraction of sp³-hybridized carbons (Fsp3) is 0.353. The molecule has 1 aromatic carbocycles. The van der Waals surface area contributed by atoms with Crippen molar-refractivity contribution in [3.8, 4) is 6.07 Å². The van der Waals surface area contributed by atoms with Gasteiger partial charge in [-0.2, -0.15) is 5.26 Å². The fourth-order valence-electron chi connectivity index (χ4n) is 2.62. The number of nitrogens with one attached hydrogen (secondary N) is 1. The lowest BCUT2D eigenvalue weighted by Crippen LogP contribution is -2.40. The number of rotatable bonds is 5. The highest BCUT2D eigenvalue weighted by atomic mass is 16.2. The van der Waals surface area contributed by atoms with Crippen molar-refractivity contribution in [2.45, 2.75) is 6.04 Å². The lowest BCUT2D eigenvalue weighted by Gasteiger charge is -2.26. The molecule has 0 fully saturated rings. The summed E-state index contributed by atoms with van der Waals surface area (Å²) < 4.78 is 2.22. The normalized spacial score (nSPS) is 12.0. The molecule has 2 aromatic rings. The molecule has 0 aliphatic carbocycles. The van der Waals surface area contributed by atoms with Crippen molar-refractivity contribution >= 4 is 5.82 Å². The van der Waals surface area contributed by atoms with Crippen LogP contribution in [0.2, 0.25) is 0 Å². The number of hydrogen-bond acceptors (Lipinski definition) is 5. The van der Waals surface area contributed by atoms with Crippen LogP contribution in [-0.2, 0) is 14.1 Å². The Labute approximate surface area is 140 Å². The third kappa shape index (κ3) is 3.24. The van der Waals surface area contributed by atoms with E-state index in [-0.39, 0.29) is 17.4 Å². The summed E-state index contributed by atoms with van der Waals surface area (Å²) in [4.78, 5) is 26.2. The van der Waals surface area contributed by atoms with E-state index in [2.05, 4.69) is 5.32 Å². The number of likely N-dealkylation sites (N-methyl/N-ethyl adjacent to an activating group) is 1. The zero-order valence-electron chi connectivity index (χ0n) is 14.3. The highest BCUT2D eigenvalue weighted by Crippen LogP contribution is 2.19. The van der Waals surface area contributed by atoms with Crippen LogP contribution >= 0.6 is 0 Å². The number of hydrogen-bond donors (Lipinski definition) is 1. The summed E-state index contributed by atoms with van der Waals surface area (Å²) in [7, 11) is 6.81. The summed E-state index contributed by atoms with van der Waals surface area (Å²) in [6.07, 6.45) is 0. The van der Waals surface area contributed by atoms with Crippen molar-refractivity contribution in [1.29, 1.82) is 5.26 Å². The largest absolute Gasteiger partial charge is 0.368 e. The average Bonchev–Trinajstić information content (AvgIpc) is 2.58. The van der Waals surface area contributed by atoms with Gasteiger partial charge < -0.3 is 10.2 Å². The maximum Gasteiger partial charge on any atom is 0.332 e. The Morgan fingerprint density at radius 2 is 1.79 bits per heavy atom. The van der Waals surface area contributed by atoms with Gasteiger partial charge in [0.1, 0.15) is 11.9 Å². The van der Waals surface area contributed by atoms with E-state index >= 15 is 0 Å². The van der Waals surface area contributed by atoms with Gasteiger partial charge in [-0.1, -0.05) is 30.3 Å². The van der Waals surface area contributed by atoms with E-state index in [0.717, 1.165) is 10.1 Å². The molecule has 1 atom stereocenters. The molecule has 0 amide bonds. The molecule has 0 bridgehead atoms. The van der Waals surface area contributed by atoms with E-state index < -0.39 is 11.2 Å². The maximum atomic E-state index is 12.1. The predicted octanol–water partition coefficient (Wildman–Crippen LogP) is 0.670. The Morgan fingerprint density at radius 3 is 2.33 bits per heavy atom. The highest BCUT2D eigenvalue weighted by molar-refractivity contribution is 5.51. The number of nitrogens with zero attached hydrogens (tertiary/aromatic N) is 4. The number of benzene rings is 1. The van der Waals surface area contributed by atoms with Crippen molar-refractivity contribution in [3.05, 3.63) is 62.3 Å². The molecule has 0 unspecified atom stereocenters. The Bertz CT molecular complexity index is 875. The molecule has 1 heterocycles. The van der Waals surface area contributed by atoms with E-state index in [1.54, 1.807) is 0 Å². The van der Waals surface area contributed by atoms with Gasteiger partial charge in [0, 0.05) is 20.6 Å². The standard InChI is InChI=1S/C17H21N5O2/c1-20(2)14(12-8-6-5-7-9-12)11-19-15-13(10-18)16(23)22(4)17(24)21(15)3/h5-9,14,19H,11H2,1-4H3/t14-/m0/s1. The van der Waals surface area contributed by atoms with Crippen molar-refractivity contribution in [1.82, 2.24) is 14.0 Å². The SMILES string of the molecule is CN(C)[C@@H](CNc1c(C#N)c(=O)n(C)c(=O)n1C)c1ccccc1. The van der Waals surface area contributed by atoms with Crippen molar-refractivity contribution in [3.63, 3.8) is 0 Å². The number of nitriles is 1. The molecular formula is C17H21N5O2. The minimum absolute atomic E-state index is 0.0249. The van der Waals surface area contributed by atoms with E-state index in [1.165, 1.54) is 18.7 Å². The van der Waals surface area contributed by atoms with Crippen LogP contribution in [0.5, 0.6) is 0 Å². The molecule has 1 N–H and O–H groups in total. The fourth-order valence-corrected chi connectivity index (χ4v) is 2.62. The van der Waals surface area contributed by atoms with Crippen LogP contribution < -0.4 is 16.6 Å². The molecule has 0 saturated carbocycles. The van der Waals surface area contributed by atoms with Crippen molar-refractivity contribution in [2.24, 2.45) is 14.1 Å². The summed E-state index contributed by atoms with van der Waals surface area (Å²) >= 11 is 0.